The van der Waals surface area contributed by atoms with Crippen LogP contribution in [0, 0.1) is 0 Å². The number of aryl methyl sites for hydroxylation is 1. The third kappa shape index (κ3) is 4.43. The summed E-state index contributed by atoms with van der Waals surface area (Å²) in [5.41, 5.74) is 4.34. The predicted octanol–water partition coefficient (Wildman–Crippen LogP) is 3.57. The number of ether oxygens (including phenoxy) is 2. The minimum Gasteiger partial charge on any atom is -0.494 e. The Bertz CT molecular complexity index is 1190. The average Bonchev–Trinajstić information content (AvgIpc) is 3.42. The smallest absolute Gasteiger partial charge is 0.227 e. The number of hydrogen-bond acceptors (Lipinski definition) is 8. The van der Waals surface area contributed by atoms with Gasteiger partial charge in [0.15, 0.2) is 0 Å². The quantitative estimate of drug-likeness (QED) is 0.552. The van der Waals surface area contributed by atoms with Crippen LogP contribution in [0.3, 0.4) is 0 Å². The van der Waals surface area contributed by atoms with E-state index in [-0.39, 0.29) is 18.1 Å². The van der Waals surface area contributed by atoms with E-state index >= 15 is 0 Å². The van der Waals surface area contributed by atoms with Crippen molar-refractivity contribution in [2.45, 2.75) is 37.7 Å². The molecule has 0 radical (unpaired) electrons. The van der Waals surface area contributed by atoms with Crippen molar-refractivity contribution in [2.75, 3.05) is 39.2 Å². The molecule has 0 saturated carbocycles. The zero-order valence-corrected chi connectivity index (χ0v) is 19.9. The summed E-state index contributed by atoms with van der Waals surface area (Å²) >= 11 is 0. The van der Waals surface area contributed by atoms with E-state index in [4.69, 9.17) is 14.5 Å². The van der Waals surface area contributed by atoms with Gasteiger partial charge >= 0.3 is 0 Å². The Kier molecular flexibility index (Phi) is 6.10. The Morgan fingerprint density at radius 1 is 1.24 bits per heavy atom. The number of aliphatic hydroxyl groups is 1. The first-order valence-electron chi connectivity index (χ1n) is 11.7. The normalized spacial score (nSPS) is 21.9. The predicted molar refractivity (Wildman–Crippen MR) is 131 cm³/mol. The maximum absolute atomic E-state index is 9.92. The van der Waals surface area contributed by atoms with Crippen molar-refractivity contribution < 1.29 is 14.6 Å². The highest BCUT2D eigenvalue weighted by atomic mass is 16.5. The van der Waals surface area contributed by atoms with Crippen molar-refractivity contribution in [3.8, 4) is 22.8 Å². The molecule has 0 amide bonds. The molecule has 1 fully saturated rings. The first-order valence-corrected chi connectivity index (χ1v) is 11.7. The van der Waals surface area contributed by atoms with E-state index in [0.29, 0.717) is 11.7 Å². The summed E-state index contributed by atoms with van der Waals surface area (Å²) in [6.07, 6.45) is 6.59. The first-order chi connectivity index (χ1) is 16.5. The number of benzene rings is 1. The largest absolute Gasteiger partial charge is 0.494 e. The number of fused-ring (bicyclic) bond motifs is 1. The number of nitrogens with one attached hydrogen (secondary N) is 1. The number of hydrogen-bond donors (Lipinski definition) is 2. The van der Waals surface area contributed by atoms with E-state index in [1.807, 2.05) is 30.5 Å². The van der Waals surface area contributed by atoms with Crippen LogP contribution in [0.15, 0.2) is 42.7 Å². The van der Waals surface area contributed by atoms with Gasteiger partial charge in [-0.15, -0.1) is 0 Å². The number of methoxy groups -OCH3 is 1. The molecule has 1 aliphatic carbocycles. The Hall–Kier alpha value is -3.23. The average molecular weight is 462 g/mol. The molecule has 34 heavy (non-hydrogen) atoms. The lowest BCUT2D eigenvalue weighted by Gasteiger charge is -2.22. The van der Waals surface area contributed by atoms with Gasteiger partial charge in [0, 0.05) is 48.2 Å². The molecule has 1 saturated heterocycles. The minimum atomic E-state index is -0.252. The van der Waals surface area contributed by atoms with Gasteiger partial charge in [0.05, 0.1) is 25.1 Å². The Morgan fingerprint density at radius 2 is 2.12 bits per heavy atom. The zero-order chi connectivity index (χ0) is 23.7. The molecule has 2 aromatic heterocycles. The lowest BCUT2D eigenvalue weighted by atomic mass is 9.85. The van der Waals surface area contributed by atoms with Crippen LogP contribution in [0.5, 0.6) is 11.5 Å². The Morgan fingerprint density at radius 3 is 2.88 bits per heavy atom. The maximum Gasteiger partial charge on any atom is 0.227 e. The van der Waals surface area contributed by atoms with Crippen molar-refractivity contribution >= 4 is 11.6 Å². The van der Waals surface area contributed by atoms with Gasteiger partial charge in [-0.25, -0.2) is 9.97 Å². The number of nitrogens with zero attached hydrogens (tertiary/aromatic N) is 4. The van der Waals surface area contributed by atoms with Crippen LogP contribution >= 0.6 is 0 Å². The summed E-state index contributed by atoms with van der Waals surface area (Å²) in [7, 11) is 3.74. The SMILES string of the molecule is COc1cc(OC2CCN(C)C2)ccc1Nc1nccc(-c2cnc3c(c2)C(C)(CO)CC3)n1. The summed E-state index contributed by atoms with van der Waals surface area (Å²) in [6, 6.07) is 9.72. The van der Waals surface area contributed by atoms with Crippen LogP contribution in [0.25, 0.3) is 11.3 Å². The number of pyridine rings is 1. The molecule has 2 unspecified atom stereocenters. The third-order valence-corrected chi connectivity index (χ3v) is 6.90. The molecule has 178 valence electrons. The maximum atomic E-state index is 9.92. The van der Waals surface area contributed by atoms with E-state index in [9.17, 15) is 5.11 Å². The van der Waals surface area contributed by atoms with Gasteiger partial charge in [0.1, 0.15) is 17.6 Å². The van der Waals surface area contributed by atoms with E-state index in [1.54, 1.807) is 13.3 Å². The zero-order valence-electron chi connectivity index (χ0n) is 19.9. The van der Waals surface area contributed by atoms with Gasteiger partial charge in [-0.2, -0.15) is 0 Å². The molecule has 0 spiro atoms. The topological polar surface area (TPSA) is 92.6 Å². The van der Waals surface area contributed by atoms with Crippen LogP contribution in [0.2, 0.25) is 0 Å². The second-order valence-corrected chi connectivity index (χ2v) is 9.48. The molecular weight excluding hydrogens is 430 g/mol. The molecule has 3 heterocycles. The van der Waals surface area contributed by atoms with Gasteiger partial charge in [-0.05, 0) is 56.1 Å². The van der Waals surface area contributed by atoms with Crippen LogP contribution in [0.1, 0.15) is 31.0 Å². The van der Waals surface area contributed by atoms with Crippen molar-refractivity contribution in [1.82, 2.24) is 19.9 Å². The highest BCUT2D eigenvalue weighted by Crippen LogP contribution is 2.39. The van der Waals surface area contributed by atoms with E-state index < -0.39 is 0 Å². The van der Waals surface area contributed by atoms with Gasteiger partial charge in [0.2, 0.25) is 5.95 Å². The molecule has 2 atom stereocenters. The van der Waals surface area contributed by atoms with E-state index in [0.717, 1.165) is 66.3 Å². The monoisotopic (exact) mass is 461 g/mol. The molecule has 8 nitrogen and oxygen atoms in total. The highest BCUT2D eigenvalue weighted by Gasteiger charge is 2.35. The number of rotatable bonds is 7. The number of anilines is 2. The van der Waals surface area contributed by atoms with E-state index in [2.05, 4.69) is 40.2 Å². The second kappa shape index (κ2) is 9.19. The molecule has 1 aromatic carbocycles. The lowest BCUT2D eigenvalue weighted by Crippen LogP contribution is -2.23. The fourth-order valence-electron chi connectivity index (χ4n) is 4.78. The van der Waals surface area contributed by atoms with Crippen LogP contribution in [0.4, 0.5) is 11.6 Å². The summed E-state index contributed by atoms with van der Waals surface area (Å²) in [6.45, 7) is 4.17. The second-order valence-electron chi connectivity index (χ2n) is 9.48. The highest BCUT2D eigenvalue weighted by molar-refractivity contribution is 5.67. The van der Waals surface area contributed by atoms with Crippen LogP contribution in [-0.2, 0) is 11.8 Å². The molecule has 2 aliphatic rings. The number of likely N-dealkylation sites (tertiary alicyclic amines) is 1. The third-order valence-electron chi connectivity index (χ3n) is 6.90. The summed E-state index contributed by atoms with van der Waals surface area (Å²) in [5.74, 6) is 1.91. The summed E-state index contributed by atoms with van der Waals surface area (Å²) < 4.78 is 11.7. The molecule has 2 N–H and O–H groups in total. The standard InChI is InChI=1S/C26H31N5O3/c1-26(16-32)9-6-22-20(26)12-17(14-28-22)21-7-10-27-25(29-21)30-23-5-4-18(13-24(23)33-3)34-19-8-11-31(2)15-19/h4-5,7,10,12-14,19,32H,6,8-9,11,15-16H2,1-3H3,(H,27,29,30). The van der Waals surface area contributed by atoms with Crippen molar-refractivity contribution in [3.63, 3.8) is 0 Å². The lowest BCUT2D eigenvalue weighted by molar-refractivity contribution is 0.206. The summed E-state index contributed by atoms with van der Waals surface area (Å²) in [5, 5.41) is 13.2. The molecule has 0 bridgehead atoms. The molecule has 3 aromatic rings. The van der Waals surface area contributed by atoms with Crippen molar-refractivity contribution in [2.24, 2.45) is 0 Å². The van der Waals surface area contributed by atoms with Crippen molar-refractivity contribution in [3.05, 3.63) is 54.0 Å². The Balaban J connectivity index is 1.36. The molecule has 1 aliphatic heterocycles. The minimum absolute atomic E-state index is 0.110. The first kappa shape index (κ1) is 22.6. The molecule has 8 heteroatoms. The number of aromatic nitrogens is 3. The molecule has 5 rings (SSSR count). The van der Waals surface area contributed by atoms with Crippen LogP contribution in [-0.4, -0.2) is 64.9 Å². The Labute approximate surface area is 200 Å². The fraction of sp³-hybridized carbons (Fsp3) is 0.423. The van der Waals surface area contributed by atoms with E-state index in [1.165, 1.54) is 0 Å². The fourth-order valence-corrected chi connectivity index (χ4v) is 4.78. The van der Waals surface area contributed by atoms with Crippen molar-refractivity contribution in [1.29, 1.82) is 0 Å². The van der Waals surface area contributed by atoms with Gasteiger partial charge in [0.25, 0.3) is 0 Å². The number of likely N-dealkylation sites (N-methyl/N-ethyl adjacent to an activating group) is 1. The molecular formula is C26H31N5O3. The van der Waals surface area contributed by atoms with Gasteiger partial charge in [-0.1, -0.05) is 6.92 Å². The van der Waals surface area contributed by atoms with Crippen LogP contribution < -0.4 is 14.8 Å². The van der Waals surface area contributed by atoms with Gasteiger partial charge in [-0.3, -0.25) is 4.98 Å². The number of aliphatic hydroxyl groups excluding tert-OH is 1. The van der Waals surface area contributed by atoms with Gasteiger partial charge < -0.3 is 24.8 Å². The summed E-state index contributed by atoms with van der Waals surface area (Å²) in [4.78, 5) is 16.0.